The molecule has 0 aliphatic carbocycles. The van der Waals surface area contributed by atoms with Crippen LogP contribution >= 0.6 is 0 Å². The van der Waals surface area contributed by atoms with Crippen molar-refractivity contribution in [1.82, 2.24) is 0 Å². The number of carboxylic acid groups (broad SMARTS) is 3. The van der Waals surface area contributed by atoms with Gasteiger partial charge in [-0.05, 0) is 16.7 Å². The van der Waals surface area contributed by atoms with Crippen LogP contribution in [0.25, 0.3) is 0 Å². The molecule has 0 unspecified atom stereocenters. The van der Waals surface area contributed by atoms with Crippen molar-refractivity contribution in [3.05, 3.63) is 108 Å². The molecule has 0 spiro atoms. The van der Waals surface area contributed by atoms with Crippen molar-refractivity contribution in [2.45, 2.75) is 0 Å². The zero-order chi connectivity index (χ0) is 20.1. The zero-order valence-electron chi connectivity index (χ0n) is 14.7. The maximum absolute atomic E-state index is 10.1. The number of benzene rings is 3. The number of carbonyl (C=O) groups is 3. The summed E-state index contributed by atoms with van der Waals surface area (Å²) in [5, 5.41) is 30.3. The van der Waals surface area contributed by atoms with Crippen LogP contribution in [0.2, 0.25) is 0 Å². The van der Waals surface area contributed by atoms with Gasteiger partial charge in [0.2, 0.25) is 0 Å². The van der Waals surface area contributed by atoms with Gasteiger partial charge in [0.1, 0.15) is 0 Å². The maximum Gasteiger partial charge on any atom is 3.00 e. The van der Waals surface area contributed by atoms with Crippen molar-refractivity contribution in [3.63, 3.8) is 0 Å². The van der Waals surface area contributed by atoms with E-state index in [0.29, 0.717) is 0 Å². The minimum atomic E-state index is -1.13. The van der Waals surface area contributed by atoms with E-state index in [1.54, 1.807) is 54.6 Å². The van der Waals surface area contributed by atoms with Crippen LogP contribution in [0.4, 0.5) is 0 Å². The second-order valence-corrected chi connectivity index (χ2v) is 4.96. The second kappa shape index (κ2) is 14.3. The largest absolute Gasteiger partial charge is 3.00 e. The molecule has 3 rings (SSSR count). The first-order valence-electron chi connectivity index (χ1n) is 7.71. The van der Waals surface area contributed by atoms with E-state index < -0.39 is 17.9 Å². The molecule has 0 aliphatic heterocycles. The standard InChI is InChI=1S/3C7H6O2.Y/c3*8-7(9)6-4-2-1-3-5-6;/h3*1-5H,(H,8,9);/q;;;+3/p-3. The van der Waals surface area contributed by atoms with E-state index in [4.69, 9.17) is 0 Å². The molecule has 3 aromatic rings. The third-order valence-corrected chi connectivity index (χ3v) is 3.03. The molecule has 6 nitrogen and oxygen atoms in total. The van der Waals surface area contributed by atoms with Gasteiger partial charge in [0, 0.05) is 0 Å². The van der Waals surface area contributed by atoms with Crippen LogP contribution in [0.15, 0.2) is 91.0 Å². The summed E-state index contributed by atoms with van der Waals surface area (Å²) in [6.45, 7) is 0. The van der Waals surface area contributed by atoms with Gasteiger partial charge < -0.3 is 29.7 Å². The monoisotopic (exact) mass is 452 g/mol. The van der Waals surface area contributed by atoms with Crippen molar-refractivity contribution >= 4 is 17.9 Å². The van der Waals surface area contributed by atoms with Crippen molar-refractivity contribution in [3.8, 4) is 0 Å². The fraction of sp³-hybridized carbons (Fsp3) is 0. The number of hydrogen-bond donors (Lipinski definition) is 0. The molecular formula is C21H15O6Y. The van der Waals surface area contributed by atoms with Crippen LogP contribution in [0.3, 0.4) is 0 Å². The topological polar surface area (TPSA) is 120 Å². The smallest absolute Gasteiger partial charge is 0.545 e. The molecule has 7 heteroatoms. The summed E-state index contributed by atoms with van der Waals surface area (Å²) < 4.78 is 0. The molecule has 0 amide bonds. The Morgan fingerprint density at radius 2 is 0.607 bits per heavy atom. The number of hydrogen-bond acceptors (Lipinski definition) is 6. The first kappa shape index (κ1) is 25.2. The Morgan fingerprint density at radius 1 is 0.429 bits per heavy atom. The second-order valence-electron chi connectivity index (χ2n) is 4.96. The van der Waals surface area contributed by atoms with Crippen molar-refractivity contribution < 1.29 is 62.4 Å². The first-order chi connectivity index (χ1) is 12.9. The molecular weight excluding hydrogens is 437 g/mol. The van der Waals surface area contributed by atoms with Gasteiger partial charge in [0.25, 0.3) is 0 Å². The fourth-order valence-electron chi connectivity index (χ4n) is 1.72. The molecule has 28 heavy (non-hydrogen) atoms. The van der Waals surface area contributed by atoms with E-state index in [-0.39, 0.29) is 49.4 Å². The molecule has 0 heterocycles. The van der Waals surface area contributed by atoms with E-state index in [1.165, 1.54) is 36.4 Å². The van der Waals surface area contributed by atoms with Gasteiger partial charge in [-0.2, -0.15) is 0 Å². The molecule has 0 aromatic heterocycles. The molecule has 0 N–H and O–H groups in total. The summed E-state index contributed by atoms with van der Waals surface area (Å²) in [6, 6.07) is 24.2. The minimum Gasteiger partial charge on any atom is -0.545 e. The summed E-state index contributed by atoms with van der Waals surface area (Å²) in [6.07, 6.45) is 0. The van der Waals surface area contributed by atoms with Gasteiger partial charge in [-0.3, -0.25) is 0 Å². The Labute approximate surface area is 187 Å². The Hall–Kier alpha value is -2.83. The normalized spacial score (nSPS) is 8.57. The summed E-state index contributed by atoms with van der Waals surface area (Å²) >= 11 is 0. The quantitative estimate of drug-likeness (QED) is 0.558. The summed E-state index contributed by atoms with van der Waals surface area (Å²) in [7, 11) is 0. The number of carboxylic acids is 3. The molecule has 0 bridgehead atoms. The molecule has 0 fully saturated rings. The molecule has 3 aromatic carbocycles. The van der Waals surface area contributed by atoms with Gasteiger partial charge in [0.05, 0.1) is 17.9 Å². The van der Waals surface area contributed by atoms with Gasteiger partial charge in [0.15, 0.2) is 0 Å². The van der Waals surface area contributed by atoms with Crippen LogP contribution in [-0.2, 0) is 32.7 Å². The molecule has 0 aliphatic rings. The molecule has 0 radical (unpaired) electrons. The molecule has 0 saturated carbocycles. The van der Waals surface area contributed by atoms with E-state index in [1.807, 2.05) is 0 Å². The van der Waals surface area contributed by atoms with Crippen molar-refractivity contribution in [2.24, 2.45) is 0 Å². The number of aromatic carboxylic acids is 3. The van der Waals surface area contributed by atoms with Crippen molar-refractivity contribution in [2.75, 3.05) is 0 Å². The third kappa shape index (κ3) is 10.4. The number of rotatable bonds is 3. The zero-order valence-corrected chi connectivity index (χ0v) is 17.5. The summed E-state index contributed by atoms with van der Waals surface area (Å²) in [5.41, 5.74) is 0.660. The molecule has 0 saturated heterocycles. The Balaban J connectivity index is 0.000000384. The third-order valence-electron chi connectivity index (χ3n) is 3.03. The SMILES string of the molecule is O=C([O-])c1ccccc1.O=C([O-])c1ccccc1.O=C([O-])c1ccccc1.[Y+3]. The Bertz CT molecular complexity index is 734. The van der Waals surface area contributed by atoms with Gasteiger partial charge >= 0.3 is 32.7 Å². The van der Waals surface area contributed by atoms with Crippen LogP contribution in [0.5, 0.6) is 0 Å². The minimum absolute atomic E-state index is 0. The maximum atomic E-state index is 10.1. The van der Waals surface area contributed by atoms with E-state index in [2.05, 4.69) is 0 Å². The summed E-state index contributed by atoms with van der Waals surface area (Å²) in [5.74, 6) is -3.39. The molecule has 0 atom stereocenters. The van der Waals surface area contributed by atoms with Crippen LogP contribution in [0, 0.1) is 0 Å². The Morgan fingerprint density at radius 3 is 0.714 bits per heavy atom. The predicted octanol–water partition coefficient (Wildman–Crippen LogP) is 0.148. The van der Waals surface area contributed by atoms with E-state index in [0.717, 1.165) is 0 Å². The van der Waals surface area contributed by atoms with E-state index in [9.17, 15) is 29.7 Å². The van der Waals surface area contributed by atoms with Crippen LogP contribution in [0.1, 0.15) is 31.1 Å². The first-order valence-corrected chi connectivity index (χ1v) is 7.71. The van der Waals surface area contributed by atoms with Crippen LogP contribution in [-0.4, -0.2) is 17.9 Å². The van der Waals surface area contributed by atoms with Crippen LogP contribution < -0.4 is 15.3 Å². The van der Waals surface area contributed by atoms with E-state index >= 15 is 0 Å². The Kier molecular flexibility index (Phi) is 12.8. The number of carbonyl (C=O) groups excluding carboxylic acids is 3. The summed E-state index contributed by atoms with van der Waals surface area (Å²) in [4.78, 5) is 30.3. The molecule has 138 valence electrons. The van der Waals surface area contributed by atoms with Gasteiger partial charge in [-0.15, -0.1) is 0 Å². The average Bonchev–Trinajstić information content (AvgIpc) is 2.71. The van der Waals surface area contributed by atoms with Gasteiger partial charge in [-0.1, -0.05) is 91.0 Å². The average molecular weight is 452 g/mol. The van der Waals surface area contributed by atoms with Crippen molar-refractivity contribution in [1.29, 1.82) is 0 Å². The van der Waals surface area contributed by atoms with Gasteiger partial charge in [-0.25, -0.2) is 0 Å². The fourth-order valence-corrected chi connectivity index (χ4v) is 1.72. The predicted molar refractivity (Wildman–Crippen MR) is 92.3 cm³/mol.